The summed E-state index contributed by atoms with van der Waals surface area (Å²) in [5, 5.41) is 24.7. The zero-order valence-electron chi connectivity index (χ0n) is 23.5. The molecule has 2 heterocycles. The van der Waals surface area contributed by atoms with Crippen LogP contribution in [0.25, 0.3) is 0 Å². The van der Waals surface area contributed by atoms with Gasteiger partial charge in [0, 0.05) is 24.2 Å². The van der Waals surface area contributed by atoms with Gasteiger partial charge in [-0.05, 0) is 18.6 Å². The van der Waals surface area contributed by atoms with Crippen LogP contribution in [0.15, 0.2) is 42.1 Å². The highest BCUT2D eigenvalue weighted by molar-refractivity contribution is 5.97. The number of carbonyl (C=O) groups excluding carboxylic acids is 4. The molecule has 2 fully saturated rings. The Morgan fingerprint density at radius 1 is 1.21 bits per heavy atom. The van der Waals surface area contributed by atoms with E-state index in [-0.39, 0.29) is 43.4 Å². The first-order valence-corrected chi connectivity index (χ1v) is 13.6. The number of nitrogens with one attached hydrogen (secondary N) is 1. The van der Waals surface area contributed by atoms with Crippen molar-refractivity contribution in [2.45, 2.75) is 57.8 Å². The predicted molar refractivity (Wildman–Crippen MR) is 143 cm³/mol. The number of alkyl halides is 3. The topological polar surface area (TPSA) is 148 Å². The van der Waals surface area contributed by atoms with Crippen LogP contribution >= 0.6 is 0 Å². The van der Waals surface area contributed by atoms with Crippen molar-refractivity contribution in [3.8, 4) is 0 Å². The first-order chi connectivity index (χ1) is 19.9. The van der Waals surface area contributed by atoms with E-state index in [2.05, 4.69) is 24.0 Å². The Morgan fingerprint density at radius 3 is 2.45 bits per heavy atom. The van der Waals surface area contributed by atoms with Crippen LogP contribution < -0.4 is 10.4 Å². The van der Waals surface area contributed by atoms with Gasteiger partial charge in [0.1, 0.15) is 44.0 Å². The summed E-state index contributed by atoms with van der Waals surface area (Å²) in [6.07, 6.45) is 0.757. The summed E-state index contributed by atoms with van der Waals surface area (Å²) in [5.74, 6) is -3.55. The molecule has 11 nitrogen and oxygen atoms in total. The summed E-state index contributed by atoms with van der Waals surface area (Å²) >= 11 is 0. The summed E-state index contributed by atoms with van der Waals surface area (Å²) in [7, 11) is 0. The van der Waals surface area contributed by atoms with Gasteiger partial charge in [-0.25, -0.2) is 0 Å². The zero-order valence-corrected chi connectivity index (χ0v) is 23.5. The number of halogens is 3. The number of hydrogen-bond donors (Lipinski definition) is 2. The summed E-state index contributed by atoms with van der Waals surface area (Å²) < 4.78 is 37.0. The monoisotopic (exact) mass is 598 g/mol. The third-order valence-corrected chi connectivity index (χ3v) is 6.93. The number of hydrogen-bond acceptors (Lipinski definition) is 8. The number of unbranched alkanes of at least 4 members (excludes halogenated alkanes) is 3. The Hall–Kier alpha value is -3.94. The van der Waals surface area contributed by atoms with Crippen molar-refractivity contribution in [2.75, 3.05) is 39.3 Å². The Kier molecular flexibility index (Phi) is 13.0. The van der Waals surface area contributed by atoms with E-state index in [9.17, 15) is 32.8 Å². The quantitative estimate of drug-likeness (QED) is 0.0878. The lowest BCUT2D eigenvalue weighted by atomic mass is 10.1. The van der Waals surface area contributed by atoms with E-state index in [0.29, 0.717) is 41.9 Å². The molecule has 0 saturated carbocycles. The number of ether oxygens (including phenoxy) is 1. The molecule has 2 aliphatic rings. The standard InChI is InChI=1S/C26H36N4O5.C2HF3O2/c1-3-5-6-7-14-29-23-18-30(19-24(29)31,17-22(23)28-34)16-20-8-10-21(11-9-20)26(33)27-13-12-25(32)35-15-4-2;3-2(4,5)1(6)7/h4,8-11,23H,2-3,5-7,12-19H2,1H3,(H-,27,33,34);(H,6,7)/b28-22+;. The molecular weight excluding hydrogens is 561 g/mol. The Balaban J connectivity index is 0.000000782. The van der Waals surface area contributed by atoms with Crippen molar-refractivity contribution in [1.29, 1.82) is 0 Å². The van der Waals surface area contributed by atoms with Gasteiger partial charge in [0.15, 0.2) is 6.54 Å². The summed E-state index contributed by atoms with van der Waals surface area (Å²) in [6.45, 7) is 8.99. The molecule has 2 bridgehead atoms. The largest absolute Gasteiger partial charge is 0.542 e. The molecule has 1 aromatic rings. The molecule has 2 aliphatic heterocycles. The lowest BCUT2D eigenvalue weighted by Crippen LogP contribution is -2.60. The van der Waals surface area contributed by atoms with Crippen LogP contribution in [0.3, 0.4) is 0 Å². The predicted octanol–water partition coefficient (Wildman–Crippen LogP) is 1.79. The van der Waals surface area contributed by atoms with E-state index in [1.54, 1.807) is 12.1 Å². The number of rotatable bonds is 13. The molecule has 2 amide bonds. The van der Waals surface area contributed by atoms with E-state index in [1.165, 1.54) is 6.08 Å². The molecule has 42 heavy (non-hydrogen) atoms. The Bertz CT molecular complexity index is 1140. The third-order valence-electron chi connectivity index (χ3n) is 6.93. The molecule has 0 spiro atoms. The number of fused-ring (bicyclic) bond motifs is 2. The normalized spacial score (nSPS) is 20.5. The fraction of sp³-hybridized carbons (Fsp3) is 0.536. The van der Waals surface area contributed by atoms with Crippen molar-refractivity contribution < 1.29 is 51.9 Å². The number of nitrogens with zero attached hydrogens (tertiary/aromatic N) is 3. The number of oxime groups is 1. The Morgan fingerprint density at radius 2 is 1.88 bits per heavy atom. The second-order valence-corrected chi connectivity index (χ2v) is 10.2. The maximum Gasteiger partial charge on any atom is 0.430 e. The van der Waals surface area contributed by atoms with Crippen molar-refractivity contribution in [3.05, 3.63) is 48.0 Å². The zero-order chi connectivity index (χ0) is 31.3. The molecule has 3 rings (SSSR count). The molecule has 2 unspecified atom stereocenters. The van der Waals surface area contributed by atoms with Crippen LogP contribution in [0.2, 0.25) is 0 Å². The number of carboxylic acids is 1. The number of aliphatic carboxylic acids is 1. The number of carbonyl (C=O) groups is 4. The lowest BCUT2D eigenvalue weighted by molar-refractivity contribution is -0.922. The SMILES string of the molecule is C=CCOC(=O)CCNC(=O)c1ccc(C[N+]23CC(=O)N(CCCCCC)C(C2)/C(=N/O)C3)cc1.O=C([O-])C(F)(F)F. The lowest BCUT2D eigenvalue weighted by Gasteiger charge is -2.40. The highest BCUT2D eigenvalue weighted by Gasteiger charge is 2.53. The van der Waals surface area contributed by atoms with Crippen molar-refractivity contribution >= 4 is 29.5 Å². The van der Waals surface area contributed by atoms with Gasteiger partial charge >= 0.3 is 12.1 Å². The van der Waals surface area contributed by atoms with Crippen molar-refractivity contribution in [2.24, 2.45) is 5.16 Å². The van der Waals surface area contributed by atoms with Gasteiger partial charge in [-0.1, -0.05) is 56.1 Å². The number of carboxylic acid groups (broad SMARTS) is 1. The van der Waals surface area contributed by atoms with Crippen LogP contribution in [-0.2, 0) is 25.7 Å². The number of esters is 1. The molecule has 0 aromatic heterocycles. The highest BCUT2D eigenvalue weighted by Crippen LogP contribution is 2.31. The van der Waals surface area contributed by atoms with Crippen molar-refractivity contribution in [1.82, 2.24) is 10.2 Å². The van der Waals surface area contributed by atoms with Crippen LogP contribution in [0.5, 0.6) is 0 Å². The summed E-state index contributed by atoms with van der Waals surface area (Å²) in [6, 6.07) is 7.14. The first-order valence-electron chi connectivity index (χ1n) is 13.6. The average Bonchev–Trinajstić information content (AvgIpc) is 3.24. The first kappa shape index (κ1) is 34.3. The van der Waals surface area contributed by atoms with Gasteiger partial charge in [0.05, 0.1) is 6.42 Å². The van der Waals surface area contributed by atoms with Gasteiger partial charge in [-0.15, -0.1) is 0 Å². The van der Waals surface area contributed by atoms with E-state index >= 15 is 0 Å². The second-order valence-electron chi connectivity index (χ2n) is 10.2. The summed E-state index contributed by atoms with van der Waals surface area (Å²) in [4.78, 5) is 47.6. The number of quaternary nitrogens is 1. The molecule has 2 N–H and O–H groups in total. The van der Waals surface area contributed by atoms with E-state index < -0.39 is 12.1 Å². The van der Waals surface area contributed by atoms with E-state index in [4.69, 9.17) is 14.6 Å². The average molecular weight is 599 g/mol. The minimum atomic E-state index is -5.19. The second kappa shape index (κ2) is 15.9. The fourth-order valence-electron chi connectivity index (χ4n) is 4.95. The molecule has 14 heteroatoms. The maximum absolute atomic E-state index is 13.0. The molecular formula is C28H37F3N4O7. The third kappa shape index (κ3) is 10.2. The fourth-order valence-corrected chi connectivity index (χ4v) is 4.95. The van der Waals surface area contributed by atoms with Crippen LogP contribution in [0, 0.1) is 0 Å². The van der Waals surface area contributed by atoms with Crippen LogP contribution in [0.1, 0.15) is 54.9 Å². The molecule has 0 radical (unpaired) electrons. The Labute approximate surface area is 242 Å². The van der Waals surface area contributed by atoms with Crippen LogP contribution in [0.4, 0.5) is 13.2 Å². The smallest absolute Gasteiger partial charge is 0.430 e. The van der Waals surface area contributed by atoms with Gasteiger partial charge in [-0.2, -0.15) is 13.2 Å². The van der Waals surface area contributed by atoms with Gasteiger partial charge in [0.25, 0.3) is 11.8 Å². The van der Waals surface area contributed by atoms with E-state index in [1.807, 2.05) is 17.0 Å². The van der Waals surface area contributed by atoms with Crippen molar-refractivity contribution in [3.63, 3.8) is 0 Å². The van der Waals surface area contributed by atoms with Gasteiger partial charge in [-0.3, -0.25) is 14.4 Å². The maximum atomic E-state index is 13.0. The molecule has 1 aromatic carbocycles. The number of amides is 2. The summed E-state index contributed by atoms with van der Waals surface area (Å²) in [5.41, 5.74) is 2.18. The van der Waals surface area contributed by atoms with Crippen LogP contribution in [-0.4, -0.2) is 95.6 Å². The minimum Gasteiger partial charge on any atom is -0.542 e. The molecule has 0 aliphatic carbocycles. The number of piperazine rings is 1. The minimum absolute atomic E-state index is 0.0945. The molecule has 232 valence electrons. The molecule has 2 atom stereocenters. The van der Waals surface area contributed by atoms with E-state index in [0.717, 1.165) is 37.8 Å². The number of benzene rings is 1. The highest BCUT2D eigenvalue weighted by atomic mass is 19.4. The molecule has 2 saturated heterocycles. The van der Waals surface area contributed by atoms with Gasteiger partial charge in [0.2, 0.25) is 0 Å². The van der Waals surface area contributed by atoms with Gasteiger partial charge < -0.3 is 34.5 Å².